The van der Waals surface area contributed by atoms with Crippen LogP contribution in [-0.2, 0) is 4.79 Å². The third kappa shape index (κ3) is 2.53. The highest BCUT2D eigenvalue weighted by Gasteiger charge is 2.39. The molecule has 1 rings (SSSR count). The molecule has 0 aromatic rings. The molecule has 0 radical (unpaired) electrons. The Kier molecular flexibility index (Phi) is 3.93. The van der Waals surface area contributed by atoms with Crippen molar-refractivity contribution in [3.05, 3.63) is 12.7 Å². The molecule has 0 bridgehead atoms. The summed E-state index contributed by atoms with van der Waals surface area (Å²) in [5, 5.41) is 11.7. The summed E-state index contributed by atoms with van der Waals surface area (Å²) >= 11 is 0. The van der Waals surface area contributed by atoms with Crippen LogP contribution in [0.4, 0.5) is 4.79 Å². The molecule has 0 saturated carbocycles. The van der Waals surface area contributed by atoms with Crippen molar-refractivity contribution in [2.75, 3.05) is 6.54 Å². The molecule has 3 unspecified atom stereocenters. The van der Waals surface area contributed by atoms with Crippen molar-refractivity contribution in [1.29, 1.82) is 0 Å². The zero-order chi connectivity index (χ0) is 12.3. The predicted octanol–water partition coefficient (Wildman–Crippen LogP) is 1.07. The van der Waals surface area contributed by atoms with E-state index in [1.807, 2.05) is 6.92 Å². The monoisotopic (exact) mass is 226 g/mol. The number of carbonyl (C=O) groups excluding carboxylic acids is 1. The Balaban J connectivity index is 2.68. The summed E-state index contributed by atoms with van der Waals surface area (Å²) in [6.45, 7) is 7.70. The highest BCUT2D eigenvalue weighted by molar-refractivity contribution is 5.83. The molecule has 1 aliphatic rings. The fourth-order valence-corrected chi connectivity index (χ4v) is 1.89. The molecule has 2 amide bonds. The van der Waals surface area contributed by atoms with Gasteiger partial charge in [-0.15, -0.1) is 6.58 Å². The predicted molar refractivity (Wildman–Crippen MR) is 60.1 cm³/mol. The summed E-state index contributed by atoms with van der Waals surface area (Å²) in [6.07, 6.45) is 2.33. The fraction of sp³-hybridized carbons (Fsp3) is 0.636. The van der Waals surface area contributed by atoms with Crippen LogP contribution >= 0.6 is 0 Å². The molecule has 0 spiro atoms. The Morgan fingerprint density at radius 3 is 2.75 bits per heavy atom. The number of likely N-dealkylation sites (tertiary alicyclic amines) is 1. The van der Waals surface area contributed by atoms with Gasteiger partial charge < -0.3 is 15.3 Å². The van der Waals surface area contributed by atoms with E-state index >= 15 is 0 Å². The molecule has 16 heavy (non-hydrogen) atoms. The second-order valence-electron chi connectivity index (χ2n) is 4.22. The first-order chi connectivity index (χ1) is 7.47. The summed E-state index contributed by atoms with van der Waals surface area (Å²) in [5.41, 5.74) is 0. The quantitative estimate of drug-likeness (QED) is 0.707. The molecule has 5 heteroatoms. The van der Waals surface area contributed by atoms with Gasteiger partial charge in [-0.1, -0.05) is 13.0 Å². The minimum atomic E-state index is -0.939. The van der Waals surface area contributed by atoms with Gasteiger partial charge in [-0.3, -0.25) is 0 Å². The van der Waals surface area contributed by atoms with Crippen molar-refractivity contribution in [2.45, 2.75) is 32.4 Å². The Morgan fingerprint density at radius 2 is 2.25 bits per heavy atom. The number of hydrogen-bond acceptors (Lipinski definition) is 2. The molecule has 5 nitrogen and oxygen atoms in total. The van der Waals surface area contributed by atoms with Crippen LogP contribution in [0.25, 0.3) is 0 Å². The molecule has 0 aromatic carbocycles. The van der Waals surface area contributed by atoms with Crippen molar-refractivity contribution < 1.29 is 14.7 Å². The van der Waals surface area contributed by atoms with E-state index in [1.54, 1.807) is 13.0 Å². The number of hydrogen-bond donors (Lipinski definition) is 2. The summed E-state index contributed by atoms with van der Waals surface area (Å²) < 4.78 is 0. The molecule has 2 N–H and O–H groups in total. The van der Waals surface area contributed by atoms with Crippen LogP contribution in [0.15, 0.2) is 12.7 Å². The van der Waals surface area contributed by atoms with Gasteiger partial charge in [0.05, 0.1) is 0 Å². The lowest BCUT2D eigenvalue weighted by atomic mass is 10.0. The van der Waals surface area contributed by atoms with E-state index in [2.05, 4.69) is 11.9 Å². The first-order valence-corrected chi connectivity index (χ1v) is 5.40. The van der Waals surface area contributed by atoms with Crippen molar-refractivity contribution in [3.8, 4) is 0 Å². The lowest BCUT2D eigenvalue weighted by molar-refractivity contribution is -0.142. The van der Waals surface area contributed by atoms with Crippen molar-refractivity contribution in [2.24, 2.45) is 5.92 Å². The van der Waals surface area contributed by atoms with E-state index in [9.17, 15) is 9.59 Å². The summed E-state index contributed by atoms with van der Waals surface area (Å²) in [4.78, 5) is 24.2. The van der Waals surface area contributed by atoms with Gasteiger partial charge in [0, 0.05) is 12.6 Å². The molecule has 3 atom stereocenters. The number of carbonyl (C=O) groups is 2. The topological polar surface area (TPSA) is 69.6 Å². The molecular weight excluding hydrogens is 208 g/mol. The van der Waals surface area contributed by atoms with Crippen LogP contribution in [-0.4, -0.2) is 40.6 Å². The number of aliphatic carboxylic acids is 1. The Labute approximate surface area is 95.1 Å². The fourth-order valence-electron chi connectivity index (χ4n) is 1.89. The maximum Gasteiger partial charge on any atom is 0.326 e. The average molecular weight is 226 g/mol. The molecule has 90 valence electrons. The SMILES string of the molecule is C=CC(C)NC(=O)N1CCC(C)C1C(=O)O. The summed E-state index contributed by atoms with van der Waals surface area (Å²) in [7, 11) is 0. The van der Waals surface area contributed by atoms with Crippen molar-refractivity contribution in [1.82, 2.24) is 10.2 Å². The minimum Gasteiger partial charge on any atom is -0.480 e. The van der Waals surface area contributed by atoms with Gasteiger partial charge in [0.1, 0.15) is 6.04 Å². The number of nitrogens with one attached hydrogen (secondary N) is 1. The average Bonchev–Trinajstić information content (AvgIpc) is 2.59. The molecule has 0 aromatic heterocycles. The van der Waals surface area contributed by atoms with Gasteiger partial charge in [-0.2, -0.15) is 0 Å². The van der Waals surface area contributed by atoms with Gasteiger partial charge in [0.2, 0.25) is 0 Å². The Bertz CT molecular complexity index is 304. The van der Waals surface area contributed by atoms with Crippen molar-refractivity contribution in [3.63, 3.8) is 0 Å². The normalized spacial score (nSPS) is 26.2. The largest absolute Gasteiger partial charge is 0.480 e. The van der Waals surface area contributed by atoms with Gasteiger partial charge in [-0.25, -0.2) is 9.59 Å². The molecular formula is C11H18N2O3. The van der Waals surface area contributed by atoms with Crippen LogP contribution in [0.3, 0.4) is 0 Å². The Hall–Kier alpha value is -1.52. The van der Waals surface area contributed by atoms with Crippen LogP contribution < -0.4 is 5.32 Å². The van der Waals surface area contributed by atoms with Gasteiger partial charge in [0.25, 0.3) is 0 Å². The van der Waals surface area contributed by atoms with E-state index in [0.717, 1.165) is 6.42 Å². The number of urea groups is 1. The van der Waals surface area contributed by atoms with E-state index < -0.39 is 12.0 Å². The second-order valence-corrected chi connectivity index (χ2v) is 4.22. The van der Waals surface area contributed by atoms with Crippen LogP contribution in [0.5, 0.6) is 0 Å². The number of carboxylic acids is 1. The van der Waals surface area contributed by atoms with E-state index in [1.165, 1.54) is 4.90 Å². The van der Waals surface area contributed by atoms with Gasteiger partial charge >= 0.3 is 12.0 Å². The van der Waals surface area contributed by atoms with Gasteiger partial charge in [-0.05, 0) is 19.3 Å². The number of carboxylic acid groups (broad SMARTS) is 1. The molecule has 0 aliphatic carbocycles. The van der Waals surface area contributed by atoms with Gasteiger partial charge in [0.15, 0.2) is 0 Å². The second kappa shape index (κ2) is 5.01. The minimum absolute atomic E-state index is 0.00212. The van der Waals surface area contributed by atoms with E-state index in [4.69, 9.17) is 5.11 Å². The molecule has 1 aliphatic heterocycles. The van der Waals surface area contributed by atoms with E-state index in [0.29, 0.717) is 6.54 Å². The third-order valence-electron chi connectivity index (χ3n) is 2.92. The van der Waals surface area contributed by atoms with Crippen LogP contribution in [0.2, 0.25) is 0 Å². The molecule has 1 saturated heterocycles. The Morgan fingerprint density at radius 1 is 1.62 bits per heavy atom. The van der Waals surface area contributed by atoms with Crippen molar-refractivity contribution >= 4 is 12.0 Å². The number of rotatable bonds is 3. The lowest BCUT2D eigenvalue weighted by Crippen LogP contribution is -2.49. The lowest BCUT2D eigenvalue weighted by Gasteiger charge is -2.24. The zero-order valence-corrected chi connectivity index (χ0v) is 9.64. The zero-order valence-electron chi connectivity index (χ0n) is 9.64. The van der Waals surface area contributed by atoms with Crippen LogP contribution in [0.1, 0.15) is 20.3 Å². The highest BCUT2D eigenvalue weighted by Crippen LogP contribution is 2.24. The molecule has 1 fully saturated rings. The first-order valence-electron chi connectivity index (χ1n) is 5.40. The summed E-state index contributed by atoms with van der Waals surface area (Å²) in [5.74, 6) is -0.936. The van der Waals surface area contributed by atoms with E-state index in [-0.39, 0.29) is 18.0 Å². The summed E-state index contributed by atoms with van der Waals surface area (Å²) in [6, 6.07) is -1.20. The highest BCUT2D eigenvalue weighted by atomic mass is 16.4. The third-order valence-corrected chi connectivity index (χ3v) is 2.92. The smallest absolute Gasteiger partial charge is 0.326 e. The maximum atomic E-state index is 11.8. The maximum absolute atomic E-state index is 11.8. The molecule has 1 heterocycles. The number of nitrogens with zero attached hydrogens (tertiary/aromatic N) is 1. The standard InChI is InChI=1S/C11H18N2O3/c1-4-8(3)12-11(16)13-6-5-7(2)9(13)10(14)15/h4,7-9H,1,5-6H2,2-3H3,(H,12,16)(H,14,15). The first kappa shape index (κ1) is 12.5. The number of amides is 2. The van der Waals surface area contributed by atoms with Crippen LogP contribution in [0, 0.1) is 5.92 Å².